The van der Waals surface area contributed by atoms with E-state index < -0.39 is 0 Å². The van der Waals surface area contributed by atoms with E-state index in [4.69, 9.17) is 21.1 Å². The smallest absolute Gasteiger partial charge is 0.126 e. The monoisotopic (exact) mass is 200 g/mol. The van der Waals surface area contributed by atoms with E-state index in [0.29, 0.717) is 12.5 Å². The summed E-state index contributed by atoms with van der Waals surface area (Å²) >= 11 is 5.72. The normalized spacial score (nSPS) is 9.77. The van der Waals surface area contributed by atoms with Gasteiger partial charge in [-0.15, -0.1) is 11.6 Å². The van der Waals surface area contributed by atoms with Crippen LogP contribution in [0.4, 0.5) is 0 Å². The molecule has 0 aromatic heterocycles. The zero-order valence-corrected chi connectivity index (χ0v) is 8.60. The molecule has 1 aromatic rings. The Morgan fingerprint density at radius 1 is 1.38 bits per heavy atom. The molecule has 1 rings (SSSR count). The molecule has 0 saturated heterocycles. The third kappa shape index (κ3) is 2.52. The first-order valence-corrected chi connectivity index (χ1v) is 4.71. The topological polar surface area (TPSA) is 18.5 Å². The summed E-state index contributed by atoms with van der Waals surface area (Å²) < 4.78 is 10.5. The summed E-state index contributed by atoms with van der Waals surface area (Å²) in [6.45, 7) is 2.60. The summed E-state index contributed by atoms with van der Waals surface area (Å²) in [6.07, 6.45) is 0. The summed E-state index contributed by atoms with van der Waals surface area (Å²) in [7, 11) is 1.63. The van der Waals surface area contributed by atoms with Crippen molar-refractivity contribution >= 4 is 11.6 Å². The van der Waals surface area contributed by atoms with Crippen LogP contribution < -0.4 is 9.47 Å². The second-order valence-electron chi connectivity index (χ2n) is 2.54. The van der Waals surface area contributed by atoms with Crippen molar-refractivity contribution in [3.05, 3.63) is 23.8 Å². The third-order valence-electron chi connectivity index (χ3n) is 1.71. The Morgan fingerprint density at radius 2 is 2.15 bits per heavy atom. The molecule has 0 amide bonds. The van der Waals surface area contributed by atoms with Crippen LogP contribution in [0.5, 0.6) is 11.5 Å². The molecule has 0 unspecified atom stereocenters. The summed E-state index contributed by atoms with van der Waals surface area (Å²) in [4.78, 5) is 0. The highest BCUT2D eigenvalue weighted by Crippen LogP contribution is 2.25. The number of rotatable bonds is 4. The van der Waals surface area contributed by atoms with Gasteiger partial charge >= 0.3 is 0 Å². The molecule has 0 aliphatic heterocycles. The largest absolute Gasteiger partial charge is 0.496 e. The van der Waals surface area contributed by atoms with Crippen molar-refractivity contribution < 1.29 is 9.47 Å². The molecule has 0 bridgehead atoms. The van der Waals surface area contributed by atoms with Crippen molar-refractivity contribution in [3.8, 4) is 11.5 Å². The van der Waals surface area contributed by atoms with E-state index in [1.165, 1.54) is 0 Å². The van der Waals surface area contributed by atoms with Crippen LogP contribution in [0.25, 0.3) is 0 Å². The van der Waals surface area contributed by atoms with E-state index in [9.17, 15) is 0 Å². The van der Waals surface area contributed by atoms with E-state index in [-0.39, 0.29) is 0 Å². The maximum atomic E-state index is 5.72. The average Bonchev–Trinajstić information content (AvgIpc) is 2.18. The minimum absolute atomic E-state index is 0.454. The molecule has 0 heterocycles. The summed E-state index contributed by atoms with van der Waals surface area (Å²) in [5.74, 6) is 2.05. The lowest BCUT2D eigenvalue weighted by molar-refractivity contribution is 0.336. The quantitative estimate of drug-likeness (QED) is 0.696. The SMILES string of the molecule is CCOc1ccc(CCl)c(OC)c1. The molecule has 72 valence electrons. The van der Waals surface area contributed by atoms with Crippen LogP contribution in [0.3, 0.4) is 0 Å². The predicted octanol–water partition coefficient (Wildman–Crippen LogP) is 2.83. The first kappa shape index (κ1) is 10.2. The fraction of sp³-hybridized carbons (Fsp3) is 0.400. The molecule has 0 radical (unpaired) electrons. The van der Waals surface area contributed by atoms with Crippen LogP contribution in [0.2, 0.25) is 0 Å². The van der Waals surface area contributed by atoms with Crippen molar-refractivity contribution in [1.29, 1.82) is 0 Å². The molecule has 2 nitrogen and oxygen atoms in total. The Balaban J connectivity index is 2.91. The van der Waals surface area contributed by atoms with Crippen LogP contribution in [-0.2, 0) is 5.88 Å². The Labute approximate surface area is 83.4 Å². The van der Waals surface area contributed by atoms with Gasteiger partial charge in [0.2, 0.25) is 0 Å². The van der Waals surface area contributed by atoms with Gasteiger partial charge in [0.15, 0.2) is 0 Å². The second-order valence-corrected chi connectivity index (χ2v) is 2.81. The van der Waals surface area contributed by atoms with Crippen LogP contribution in [0.15, 0.2) is 18.2 Å². The standard InChI is InChI=1S/C10H13ClO2/c1-3-13-9-5-4-8(7-11)10(6-9)12-2/h4-6H,3,7H2,1-2H3. The highest BCUT2D eigenvalue weighted by atomic mass is 35.5. The molecular weight excluding hydrogens is 188 g/mol. The van der Waals surface area contributed by atoms with Crippen molar-refractivity contribution in [1.82, 2.24) is 0 Å². The fourth-order valence-electron chi connectivity index (χ4n) is 1.09. The third-order valence-corrected chi connectivity index (χ3v) is 2.00. The number of halogens is 1. The van der Waals surface area contributed by atoms with Crippen molar-refractivity contribution in [2.75, 3.05) is 13.7 Å². The average molecular weight is 201 g/mol. The highest BCUT2D eigenvalue weighted by molar-refractivity contribution is 6.17. The second kappa shape index (κ2) is 4.97. The Bertz CT molecular complexity index is 274. The number of hydrogen-bond acceptors (Lipinski definition) is 2. The fourth-order valence-corrected chi connectivity index (χ4v) is 1.31. The molecule has 0 fully saturated rings. The molecule has 0 saturated carbocycles. The van der Waals surface area contributed by atoms with Crippen LogP contribution in [0, 0.1) is 0 Å². The minimum atomic E-state index is 0.454. The number of alkyl halides is 1. The maximum Gasteiger partial charge on any atom is 0.126 e. The molecule has 0 aliphatic carbocycles. The number of methoxy groups -OCH3 is 1. The van der Waals surface area contributed by atoms with E-state index in [1.807, 2.05) is 25.1 Å². The molecule has 0 aliphatic rings. The Kier molecular flexibility index (Phi) is 3.90. The lowest BCUT2D eigenvalue weighted by atomic mass is 10.2. The van der Waals surface area contributed by atoms with Gasteiger partial charge in [0, 0.05) is 11.6 Å². The van der Waals surface area contributed by atoms with Gasteiger partial charge in [-0.1, -0.05) is 6.07 Å². The van der Waals surface area contributed by atoms with Gasteiger partial charge in [-0.25, -0.2) is 0 Å². The lowest BCUT2D eigenvalue weighted by Crippen LogP contribution is -1.94. The lowest BCUT2D eigenvalue weighted by Gasteiger charge is -2.08. The molecule has 0 spiro atoms. The van der Waals surface area contributed by atoms with Crippen LogP contribution in [0.1, 0.15) is 12.5 Å². The van der Waals surface area contributed by atoms with Gasteiger partial charge in [-0.05, 0) is 13.0 Å². The molecule has 3 heteroatoms. The number of benzene rings is 1. The molecule has 0 N–H and O–H groups in total. The predicted molar refractivity (Wildman–Crippen MR) is 53.7 cm³/mol. The molecule has 13 heavy (non-hydrogen) atoms. The van der Waals surface area contributed by atoms with Crippen molar-refractivity contribution in [3.63, 3.8) is 0 Å². The van der Waals surface area contributed by atoms with Gasteiger partial charge in [0.05, 0.1) is 19.6 Å². The van der Waals surface area contributed by atoms with Gasteiger partial charge < -0.3 is 9.47 Å². The zero-order valence-electron chi connectivity index (χ0n) is 7.84. The van der Waals surface area contributed by atoms with E-state index in [1.54, 1.807) is 7.11 Å². The van der Waals surface area contributed by atoms with E-state index >= 15 is 0 Å². The minimum Gasteiger partial charge on any atom is -0.496 e. The van der Waals surface area contributed by atoms with Gasteiger partial charge in [-0.3, -0.25) is 0 Å². The summed E-state index contributed by atoms with van der Waals surface area (Å²) in [5, 5.41) is 0. The van der Waals surface area contributed by atoms with Crippen molar-refractivity contribution in [2.24, 2.45) is 0 Å². The number of ether oxygens (including phenoxy) is 2. The van der Waals surface area contributed by atoms with Gasteiger partial charge in [-0.2, -0.15) is 0 Å². The molecule has 1 aromatic carbocycles. The number of hydrogen-bond donors (Lipinski definition) is 0. The van der Waals surface area contributed by atoms with Gasteiger partial charge in [0.1, 0.15) is 11.5 Å². The van der Waals surface area contributed by atoms with Crippen molar-refractivity contribution in [2.45, 2.75) is 12.8 Å². The highest BCUT2D eigenvalue weighted by Gasteiger charge is 2.03. The van der Waals surface area contributed by atoms with Gasteiger partial charge in [0.25, 0.3) is 0 Å². The first-order chi connectivity index (χ1) is 6.31. The Morgan fingerprint density at radius 3 is 2.69 bits per heavy atom. The summed E-state index contributed by atoms with van der Waals surface area (Å²) in [5.41, 5.74) is 0.979. The van der Waals surface area contributed by atoms with E-state index in [0.717, 1.165) is 17.1 Å². The van der Waals surface area contributed by atoms with E-state index in [2.05, 4.69) is 0 Å². The first-order valence-electron chi connectivity index (χ1n) is 4.17. The van der Waals surface area contributed by atoms with Crippen LogP contribution >= 0.6 is 11.6 Å². The van der Waals surface area contributed by atoms with Crippen LogP contribution in [-0.4, -0.2) is 13.7 Å². The maximum absolute atomic E-state index is 5.72. The molecular formula is C10H13ClO2. The summed E-state index contributed by atoms with van der Waals surface area (Å²) in [6, 6.07) is 5.65. The Hall–Kier alpha value is -0.890. The zero-order chi connectivity index (χ0) is 9.68. The molecule has 0 atom stereocenters.